The largest absolute Gasteiger partial charge is 0.493 e. The number of benzene rings is 2. The van der Waals surface area contributed by atoms with Crippen LogP contribution in [-0.2, 0) is 4.74 Å². The van der Waals surface area contributed by atoms with E-state index < -0.39 is 5.97 Å². The first-order valence-corrected chi connectivity index (χ1v) is 7.81. The van der Waals surface area contributed by atoms with Crippen LogP contribution in [0.25, 0.3) is 0 Å². The lowest BCUT2D eigenvalue weighted by Gasteiger charge is -2.13. The second-order valence-electron chi connectivity index (χ2n) is 5.27. The van der Waals surface area contributed by atoms with E-state index in [4.69, 9.17) is 14.2 Å². The molecule has 0 unspecified atom stereocenters. The average Bonchev–Trinajstić information content (AvgIpc) is 2.63. The third kappa shape index (κ3) is 4.29. The summed E-state index contributed by atoms with van der Waals surface area (Å²) in [6, 6.07) is 9.94. The van der Waals surface area contributed by atoms with Gasteiger partial charge in [0.15, 0.2) is 11.5 Å². The first-order chi connectivity index (χ1) is 12.0. The van der Waals surface area contributed by atoms with Gasteiger partial charge in [0.25, 0.3) is 5.91 Å². The molecule has 1 amide bonds. The molecule has 0 spiro atoms. The lowest BCUT2D eigenvalue weighted by Crippen LogP contribution is -2.14. The van der Waals surface area contributed by atoms with E-state index in [1.54, 1.807) is 36.4 Å². The highest BCUT2D eigenvalue weighted by molar-refractivity contribution is 6.05. The van der Waals surface area contributed by atoms with Gasteiger partial charge in [-0.3, -0.25) is 4.79 Å². The molecule has 0 atom stereocenters. The Balaban J connectivity index is 2.26. The number of nitrogens with one attached hydrogen (secondary N) is 1. The van der Waals surface area contributed by atoms with Gasteiger partial charge in [-0.15, -0.1) is 0 Å². The van der Waals surface area contributed by atoms with Crippen LogP contribution in [0.15, 0.2) is 36.4 Å². The van der Waals surface area contributed by atoms with Gasteiger partial charge in [-0.05, 0) is 49.7 Å². The van der Waals surface area contributed by atoms with Crippen LogP contribution in [0.2, 0.25) is 0 Å². The van der Waals surface area contributed by atoms with Crippen molar-refractivity contribution in [2.45, 2.75) is 13.8 Å². The Morgan fingerprint density at radius 3 is 2.36 bits per heavy atom. The first-order valence-electron chi connectivity index (χ1n) is 7.81. The van der Waals surface area contributed by atoms with E-state index in [1.807, 2.05) is 13.8 Å². The van der Waals surface area contributed by atoms with Gasteiger partial charge in [0, 0.05) is 11.3 Å². The molecular weight excluding hydrogens is 322 g/mol. The Hall–Kier alpha value is -3.02. The molecule has 0 fully saturated rings. The van der Waals surface area contributed by atoms with Crippen molar-refractivity contribution in [2.24, 2.45) is 0 Å². The zero-order chi connectivity index (χ0) is 18.4. The molecule has 2 rings (SSSR count). The number of hydrogen-bond acceptors (Lipinski definition) is 5. The Kier molecular flexibility index (Phi) is 6.00. The second-order valence-corrected chi connectivity index (χ2v) is 5.27. The Labute approximate surface area is 146 Å². The van der Waals surface area contributed by atoms with Crippen LogP contribution in [0.5, 0.6) is 11.5 Å². The first kappa shape index (κ1) is 18.3. The summed E-state index contributed by atoms with van der Waals surface area (Å²) in [5.74, 6) is 0.282. The van der Waals surface area contributed by atoms with Crippen molar-refractivity contribution < 1.29 is 23.8 Å². The molecule has 6 heteroatoms. The molecule has 1 N–H and O–H groups in total. The van der Waals surface area contributed by atoms with Gasteiger partial charge in [-0.2, -0.15) is 0 Å². The van der Waals surface area contributed by atoms with E-state index in [0.717, 1.165) is 5.56 Å². The van der Waals surface area contributed by atoms with Crippen LogP contribution in [0.4, 0.5) is 5.69 Å². The van der Waals surface area contributed by atoms with Gasteiger partial charge in [0.05, 0.1) is 26.4 Å². The highest BCUT2D eigenvalue weighted by Gasteiger charge is 2.14. The third-order valence-corrected chi connectivity index (χ3v) is 3.63. The van der Waals surface area contributed by atoms with Crippen molar-refractivity contribution >= 4 is 17.6 Å². The molecule has 0 saturated carbocycles. The van der Waals surface area contributed by atoms with E-state index >= 15 is 0 Å². The van der Waals surface area contributed by atoms with E-state index in [-0.39, 0.29) is 5.91 Å². The van der Waals surface area contributed by atoms with Crippen LogP contribution in [-0.4, -0.2) is 32.7 Å². The molecule has 6 nitrogen and oxygen atoms in total. The molecule has 132 valence electrons. The van der Waals surface area contributed by atoms with E-state index in [1.165, 1.54) is 14.2 Å². The van der Waals surface area contributed by atoms with Crippen molar-refractivity contribution in [2.75, 3.05) is 26.1 Å². The van der Waals surface area contributed by atoms with Crippen molar-refractivity contribution in [3.05, 3.63) is 53.1 Å². The molecule has 0 aromatic heterocycles. The molecule has 0 heterocycles. The van der Waals surface area contributed by atoms with E-state index in [2.05, 4.69) is 5.32 Å². The Morgan fingerprint density at radius 2 is 1.72 bits per heavy atom. The SMILES string of the molecule is CCOc1ccc(C(=O)Nc2cc(C(=O)OC)ccc2C)cc1OC. The van der Waals surface area contributed by atoms with E-state index in [9.17, 15) is 9.59 Å². The maximum absolute atomic E-state index is 12.5. The van der Waals surface area contributed by atoms with Crippen LogP contribution in [0.3, 0.4) is 0 Å². The molecule has 2 aromatic rings. The van der Waals surface area contributed by atoms with Crippen molar-refractivity contribution in [3.8, 4) is 11.5 Å². The topological polar surface area (TPSA) is 73.9 Å². The van der Waals surface area contributed by atoms with Crippen molar-refractivity contribution in [3.63, 3.8) is 0 Å². The van der Waals surface area contributed by atoms with E-state index in [0.29, 0.717) is 34.9 Å². The smallest absolute Gasteiger partial charge is 0.337 e. The van der Waals surface area contributed by atoms with Crippen molar-refractivity contribution in [1.29, 1.82) is 0 Å². The quantitative estimate of drug-likeness (QED) is 0.813. The molecule has 0 aliphatic carbocycles. The number of ether oxygens (including phenoxy) is 3. The number of amides is 1. The van der Waals surface area contributed by atoms with Crippen molar-refractivity contribution in [1.82, 2.24) is 0 Å². The fourth-order valence-corrected chi connectivity index (χ4v) is 2.28. The van der Waals surface area contributed by atoms with Crippen LogP contribution >= 0.6 is 0 Å². The summed E-state index contributed by atoms with van der Waals surface area (Å²) < 4.78 is 15.4. The summed E-state index contributed by atoms with van der Waals surface area (Å²) in [4.78, 5) is 24.2. The number of carbonyl (C=O) groups excluding carboxylic acids is 2. The molecule has 0 aliphatic rings. The molecule has 0 radical (unpaired) electrons. The zero-order valence-electron chi connectivity index (χ0n) is 14.7. The normalized spacial score (nSPS) is 10.1. The summed E-state index contributed by atoms with van der Waals surface area (Å²) in [5, 5.41) is 2.81. The molecule has 0 bridgehead atoms. The van der Waals surface area contributed by atoms with Gasteiger partial charge in [-0.25, -0.2) is 4.79 Å². The highest BCUT2D eigenvalue weighted by Crippen LogP contribution is 2.28. The fraction of sp³-hybridized carbons (Fsp3) is 0.263. The lowest BCUT2D eigenvalue weighted by atomic mass is 10.1. The minimum absolute atomic E-state index is 0.313. The summed E-state index contributed by atoms with van der Waals surface area (Å²) in [7, 11) is 2.83. The lowest BCUT2D eigenvalue weighted by molar-refractivity contribution is 0.0600. The number of anilines is 1. The fourth-order valence-electron chi connectivity index (χ4n) is 2.28. The number of methoxy groups -OCH3 is 2. The maximum atomic E-state index is 12.5. The Bertz CT molecular complexity index is 785. The molecule has 0 saturated heterocycles. The molecular formula is C19H21NO5. The number of aryl methyl sites for hydroxylation is 1. The van der Waals surface area contributed by atoms with Crippen LogP contribution in [0, 0.1) is 6.92 Å². The summed E-state index contributed by atoms with van der Waals surface area (Å²) in [5.41, 5.74) is 2.16. The van der Waals surface area contributed by atoms with Gasteiger partial charge in [0.1, 0.15) is 0 Å². The number of hydrogen-bond donors (Lipinski definition) is 1. The van der Waals surface area contributed by atoms with Crippen LogP contribution < -0.4 is 14.8 Å². The molecule has 2 aromatic carbocycles. The number of rotatable bonds is 6. The minimum Gasteiger partial charge on any atom is -0.493 e. The average molecular weight is 343 g/mol. The standard InChI is InChI=1S/C19H21NO5/c1-5-25-16-9-8-13(11-17(16)23-3)18(21)20-15-10-14(19(22)24-4)7-6-12(15)2/h6-11H,5H2,1-4H3,(H,20,21). The predicted molar refractivity (Wildman–Crippen MR) is 94.6 cm³/mol. The van der Waals surface area contributed by atoms with Gasteiger partial charge < -0.3 is 19.5 Å². The zero-order valence-corrected chi connectivity index (χ0v) is 14.7. The monoisotopic (exact) mass is 343 g/mol. The minimum atomic E-state index is -0.460. The number of esters is 1. The maximum Gasteiger partial charge on any atom is 0.337 e. The highest BCUT2D eigenvalue weighted by atomic mass is 16.5. The summed E-state index contributed by atoms with van der Waals surface area (Å²) in [6.45, 7) is 4.22. The number of carbonyl (C=O) groups is 2. The second kappa shape index (κ2) is 8.19. The summed E-state index contributed by atoms with van der Waals surface area (Å²) in [6.07, 6.45) is 0. The van der Waals surface area contributed by atoms with Crippen LogP contribution in [0.1, 0.15) is 33.2 Å². The van der Waals surface area contributed by atoms with Gasteiger partial charge >= 0.3 is 5.97 Å². The van der Waals surface area contributed by atoms with Gasteiger partial charge in [-0.1, -0.05) is 6.07 Å². The molecule has 25 heavy (non-hydrogen) atoms. The Morgan fingerprint density at radius 1 is 1.00 bits per heavy atom. The third-order valence-electron chi connectivity index (χ3n) is 3.63. The molecule has 0 aliphatic heterocycles. The van der Waals surface area contributed by atoms with Gasteiger partial charge in [0.2, 0.25) is 0 Å². The summed E-state index contributed by atoms with van der Waals surface area (Å²) >= 11 is 0. The predicted octanol–water partition coefficient (Wildman–Crippen LogP) is 3.44.